The fourth-order valence-corrected chi connectivity index (χ4v) is 6.58. The monoisotopic (exact) mass is 486 g/mol. The van der Waals surface area contributed by atoms with Crippen LogP contribution in [-0.4, -0.2) is 27.7 Å². The Bertz CT molecular complexity index is 2400. The van der Waals surface area contributed by atoms with Crippen molar-refractivity contribution in [3.63, 3.8) is 0 Å². The van der Waals surface area contributed by atoms with Crippen LogP contribution in [0.25, 0.3) is 77.7 Å². The number of para-hydroxylation sites is 6. The van der Waals surface area contributed by atoms with E-state index >= 15 is 0 Å². The fourth-order valence-electron chi connectivity index (χ4n) is 6.58. The van der Waals surface area contributed by atoms with Crippen molar-refractivity contribution in [3.05, 3.63) is 109 Å². The molecule has 6 nitrogen and oxygen atoms in total. The predicted octanol–water partition coefficient (Wildman–Crippen LogP) is 7.23. The third kappa shape index (κ3) is 2.05. The van der Waals surface area contributed by atoms with Gasteiger partial charge in [-0.25, -0.2) is 14.4 Å². The van der Waals surface area contributed by atoms with Crippen molar-refractivity contribution in [2.45, 2.75) is 0 Å². The van der Waals surface area contributed by atoms with Gasteiger partial charge in [0.25, 0.3) is 0 Å². The molecule has 38 heavy (non-hydrogen) atoms. The third-order valence-electron chi connectivity index (χ3n) is 8.08. The Labute approximate surface area is 214 Å². The number of nitrogens with zero attached hydrogens (tertiary/aromatic N) is 6. The summed E-state index contributed by atoms with van der Waals surface area (Å²) < 4.78 is 9.18. The van der Waals surface area contributed by atoms with Crippen LogP contribution in [0.1, 0.15) is 0 Å². The molecule has 0 bridgehead atoms. The van der Waals surface area contributed by atoms with E-state index in [1.807, 2.05) is 12.1 Å². The standard InChI is InChI=1S/C32H18N6/c1-5-13-24-20(9-1)21-10-2-6-14-25(21)35(24)19-17-28-30-29(18-19)37-27-16-8-4-12-23(27)34-32(37)38(30)31-33-22-11-3-7-15-26(22)36(28)31/h1-18H. The number of rotatable bonds is 1. The minimum absolute atomic E-state index is 0.885. The van der Waals surface area contributed by atoms with Crippen LogP contribution in [0.5, 0.6) is 0 Å². The van der Waals surface area contributed by atoms with Gasteiger partial charge in [0, 0.05) is 10.8 Å². The van der Waals surface area contributed by atoms with Crippen LogP contribution < -0.4 is 0 Å². The van der Waals surface area contributed by atoms with Crippen LogP contribution in [0.2, 0.25) is 0 Å². The summed E-state index contributed by atoms with van der Waals surface area (Å²) >= 11 is 0. The number of imidazole rings is 4. The van der Waals surface area contributed by atoms with E-state index in [0.29, 0.717) is 0 Å². The quantitative estimate of drug-likeness (QED) is 0.246. The van der Waals surface area contributed by atoms with Crippen LogP contribution >= 0.6 is 0 Å². The van der Waals surface area contributed by atoms with Gasteiger partial charge < -0.3 is 4.57 Å². The molecule has 5 heterocycles. The fraction of sp³-hybridized carbons (Fsp3) is 0. The van der Waals surface area contributed by atoms with E-state index in [9.17, 15) is 0 Å². The second-order valence-corrected chi connectivity index (χ2v) is 10.0. The highest BCUT2D eigenvalue weighted by Crippen LogP contribution is 2.38. The normalized spacial score (nSPS) is 12.7. The molecule has 0 N–H and O–H groups in total. The first-order valence-corrected chi connectivity index (χ1v) is 12.8. The highest BCUT2D eigenvalue weighted by atomic mass is 15.3. The first kappa shape index (κ1) is 18.8. The molecule has 0 atom stereocenters. The second kappa shape index (κ2) is 6.30. The van der Waals surface area contributed by atoms with Crippen LogP contribution in [-0.2, 0) is 0 Å². The number of hydrogen-bond acceptors (Lipinski definition) is 2. The van der Waals surface area contributed by atoms with Gasteiger partial charge in [-0.05, 0) is 48.5 Å². The number of benzene rings is 5. The van der Waals surface area contributed by atoms with Crippen molar-refractivity contribution in [2.75, 3.05) is 0 Å². The topological polar surface area (TPSA) is 43.9 Å². The van der Waals surface area contributed by atoms with E-state index in [1.165, 1.54) is 21.8 Å². The van der Waals surface area contributed by atoms with Gasteiger partial charge in [-0.1, -0.05) is 60.7 Å². The molecule has 0 aliphatic carbocycles. The summed E-state index contributed by atoms with van der Waals surface area (Å²) in [5.41, 5.74) is 11.0. The Hall–Kier alpha value is -5.36. The number of fused-ring (bicyclic) bond motifs is 13. The van der Waals surface area contributed by atoms with Crippen molar-refractivity contribution in [1.29, 1.82) is 0 Å². The Kier molecular flexibility index (Phi) is 3.13. The van der Waals surface area contributed by atoms with Gasteiger partial charge in [0.05, 0.1) is 49.8 Å². The average molecular weight is 487 g/mol. The Morgan fingerprint density at radius 1 is 0.421 bits per heavy atom. The largest absolute Gasteiger partial charge is 0.309 e. The van der Waals surface area contributed by atoms with E-state index in [4.69, 9.17) is 9.97 Å². The molecule has 0 fully saturated rings. The lowest BCUT2D eigenvalue weighted by molar-refractivity contribution is 1.14. The minimum atomic E-state index is 0.885. The SMILES string of the molecule is c1ccc2c(c1)nc1n2c2cc(-n3c4ccccc4c4ccccc43)cc3c2n1c1nc2ccccc2n31. The van der Waals surface area contributed by atoms with Gasteiger partial charge in [-0.3, -0.25) is 8.80 Å². The lowest BCUT2D eigenvalue weighted by atomic mass is 10.2. The molecule has 0 amide bonds. The van der Waals surface area contributed by atoms with E-state index in [2.05, 4.69) is 115 Å². The summed E-state index contributed by atoms with van der Waals surface area (Å²) in [7, 11) is 0. The Morgan fingerprint density at radius 3 is 1.39 bits per heavy atom. The van der Waals surface area contributed by atoms with E-state index < -0.39 is 0 Å². The highest BCUT2D eigenvalue weighted by molar-refractivity contribution is 6.10. The van der Waals surface area contributed by atoms with Crippen LogP contribution in [0.3, 0.4) is 0 Å². The lowest BCUT2D eigenvalue weighted by Crippen LogP contribution is -1.95. The molecule has 0 saturated carbocycles. The molecule has 0 saturated heterocycles. The molecule has 10 aromatic rings. The first-order valence-electron chi connectivity index (χ1n) is 12.8. The summed E-state index contributed by atoms with van der Waals surface area (Å²) in [5.74, 6) is 1.77. The summed E-state index contributed by atoms with van der Waals surface area (Å²) in [6.45, 7) is 0. The summed E-state index contributed by atoms with van der Waals surface area (Å²) in [5, 5.41) is 2.51. The number of aromatic nitrogens is 6. The van der Waals surface area contributed by atoms with Crippen molar-refractivity contribution >= 4 is 72.0 Å². The van der Waals surface area contributed by atoms with Crippen molar-refractivity contribution in [1.82, 2.24) is 27.7 Å². The van der Waals surface area contributed by atoms with Crippen LogP contribution in [0, 0.1) is 0 Å². The average Bonchev–Trinajstić information content (AvgIpc) is 3.73. The van der Waals surface area contributed by atoms with Gasteiger partial charge >= 0.3 is 0 Å². The Morgan fingerprint density at radius 2 is 0.868 bits per heavy atom. The van der Waals surface area contributed by atoms with Crippen molar-refractivity contribution in [3.8, 4) is 5.69 Å². The maximum atomic E-state index is 5.08. The molecule has 0 spiro atoms. The predicted molar refractivity (Wildman–Crippen MR) is 153 cm³/mol. The smallest absolute Gasteiger partial charge is 0.223 e. The Balaban J connectivity index is 1.50. The molecule has 10 rings (SSSR count). The van der Waals surface area contributed by atoms with Crippen molar-refractivity contribution < 1.29 is 0 Å². The molecule has 0 aliphatic heterocycles. The van der Waals surface area contributed by atoms with Crippen LogP contribution in [0.4, 0.5) is 0 Å². The van der Waals surface area contributed by atoms with Gasteiger partial charge in [-0.15, -0.1) is 0 Å². The van der Waals surface area contributed by atoms with Gasteiger partial charge in [0.15, 0.2) is 0 Å². The third-order valence-corrected chi connectivity index (χ3v) is 8.08. The van der Waals surface area contributed by atoms with Gasteiger partial charge in [-0.2, -0.15) is 0 Å². The molecule has 0 aliphatic rings. The zero-order chi connectivity index (χ0) is 24.5. The zero-order valence-electron chi connectivity index (χ0n) is 20.1. The van der Waals surface area contributed by atoms with Crippen molar-refractivity contribution in [2.24, 2.45) is 0 Å². The summed E-state index contributed by atoms with van der Waals surface area (Å²) in [6, 6.07) is 38.7. The minimum Gasteiger partial charge on any atom is -0.309 e. The van der Waals surface area contributed by atoms with E-state index in [0.717, 1.165) is 55.9 Å². The molecule has 176 valence electrons. The molecular formula is C32H18N6. The molecule has 5 aromatic carbocycles. The zero-order valence-corrected chi connectivity index (χ0v) is 20.1. The summed E-state index contributed by atoms with van der Waals surface area (Å²) in [6.07, 6.45) is 0. The van der Waals surface area contributed by atoms with E-state index in [-0.39, 0.29) is 0 Å². The molecule has 5 aromatic heterocycles. The van der Waals surface area contributed by atoms with Gasteiger partial charge in [0.1, 0.15) is 5.52 Å². The molecule has 0 radical (unpaired) electrons. The first-order chi connectivity index (χ1) is 18.9. The van der Waals surface area contributed by atoms with Gasteiger partial charge in [0.2, 0.25) is 11.6 Å². The second-order valence-electron chi connectivity index (χ2n) is 10.0. The van der Waals surface area contributed by atoms with Crippen LogP contribution in [0.15, 0.2) is 109 Å². The lowest BCUT2D eigenvalue weighted by Gasteiger charge is -2.09. The highest BCUT2D eigenvalue weighted by Gasteiger charge is 2.25. The molecule has 6 heteroatoms. The summed E-state index contributed by atoms with van der Waals surface area (Å²) in [4.78, 5) is 10.2. The maximum absolute atomic E-state index is 5.08. The van der Waals surface area contributed by atoms with E-state index in [1.54, 1.807) is 0 Å². The number of hydrogen-bond donors (Lipinski definition) is 0. The molecule has 0 unspecified atom stereocenters. The maximum Gasteiger partial charge on any atom is 0.223 e. The molecular weight excluding hydrogens is 468 g/mol.